The number of nitrogens with zero attached hydrogens (tertiary/aromatic N) is 4. The molecule has 5 heteroatoms. The quantitative estimate of drug-likeness (QED) is 0.586. The fourth-order valence-corrected chi connectivity index (χ4v) is 1.34. The van der Waals surface area contributed by atoms with Crippen molar-refractivity contribution < 1.29 is 4.79 Å². The van der Waals surface area contributed by atoms with E-state index in [1.807, 2.05) is 6.07 Å². The van der Waals surface area contributed by atoms with Crippen molar-refractivity contribution in [2.45, 2.75) is 0 Å². The van der Waals surface area contributed by atoms with E-state index in [4.69, 9.17) is 5.26 Å². The number of aromatic nitrogens is 3. The van der Waals surface area contributed by atoms with Gasteiger partial charge in [-0.1, -0.05) is 0 Å². The van der Waals surface area contributed by atoms with E-state index in [-0.39, 0.29) is 0 Å². The van der Waals surface area contributed by atoms with Crippen molar-refractivity contribution in [3.05, 3.63) is 23.7 Å². The van der Waals surface area contributed by atoms with Gasteiger partial charge in [0.05, 0.1) is 6.20 Å². The molecule has 0 N–H and O–H groups in total. The van der Waals surface area contributed by atoms with Crippen molar-refractivity contribution in [1.82, 2.24) is 14.2 Å². The van der Waals surface area contributed by atoms with Crippen LogP contribution in [-0.2, 0) is 7.05 Å². The molecule has 2 aromatic heterocycles. The van der Waals surface area contributed by atoms with Crippen molar-refractivity contribution in [3.8, 4) is 6.07 Å². The van der Waals surface area contributed by atoms with Crippen LogP contribution in [0.5, 0.6) is 0 Å². The number of nitriles is 1. The van der Waals surface area contributed by atoms with Gasteiger partial charge in [-0.05, 0) is 0 Å². The molecule has 0 unspecified atom stereocenters. The average molecular weight is 174 g/mol. The fourth-order valence-electron chi connectivity index (χ4n) is 1.34. The summed E-state index contributed by atoms with van der Waals surface area (Å²) in [6.07, 6.45) is 3.79. The first kappa shape index (κ1) is 7.55. The molecule has 0 aliphatic heterocycles. The minimum absolute atomic E-state index is 0.444. The largest absolute Gasteiger partial charge is 0.333 e. The third-order valence-electron chi connectivity index (χ3n) is 1.89. The maximum absolute atomic E-state index is 10.6. The standard InChI is InChI=1S/C8H6N4O/c1-11-4-7(5-13)12-8(11)6(2-9)3-10-12/h3-5H,1H3. The molecule has 5 nitrogen and oxygen atoms in total. The van der Waals surface area contributed by atoms with Gasteiger partial charge in [-0.25, -0.2) is 4.52 Å². The van der Waals surface area contributed by atoms with E-state index >= 15 is 0 Å². The van der Waals surface area contributed by atoms with E-state index in [1.165, 1.54) is 10.7 Å². The van der Waals surface area contributed by atoms with Crippen LogP contribution in [-0.4, -0.2) is 20.5 Å². The molecule has 0 aromatic carbocycles. The zero-order chi connectivity index (χ0) is 9.42. The van der Waals surface area contributed by atoms with Crippen LogP contribution in [0.4, 0.5) is 0 Å². The number of aryl methyl sites for hydroxylation is 1. The fraction of sp³-hybridized carbons (Fsp3) is 0.125. The number of aldehydes is 1. The molecule has 0 spiro atoms. The first-order valence-electron chi connectivity index (χ1n) is 3.66. The van der Waals surface area contributed by atoms with E-state index < -0.39 is 0 Å². The summed E-state index contributed by atoms with van der Waals surface area (Å²) in [6.45, 7) is 0. The first-order chi connectivity index (χ1) is 6.27. The molecule has 0 saturated heterocycles. The van der Waals surface area contributed by atoms with Gasteiger partial charge in [0.25, 0.3) is 0 Å². The number of hydrogen-bond acceptors (Lipinski definition) is 3. The second-order valence-corrected chi connectivity index (χ2v) is 2.69. The van der Waals surface area contributed by atoms with Crippen molar-refractivity contribution >= 4 is 11.9 Å². The number of carbonyl (C=O) groups is 1. The van der Waals surface area contributed by atoms with Gasteiger partial charge in [-0.15, -0.1) is 0 Å². The predicted molar refractivity (Wildman–Crippen MR) is 44.3 cm³/mol. The van der Waals surface area contributed by atoms with E-state index in [0.717, 1.165) is 0 Å². The van der Waals surface area contributed by atoms with E-state index in [1.54, 1.807) is 17.8 Å². The Morgan fingerprint density at radius 1 is 1.69 bits per heavy atom. The highest BCUT2D eigenvalue weighted by Crippen LogP contribution is 2.11. The molecular weight excluding hydrogens is 168 g/mol. The predicted octanol–water partition coefficient (Wildman–Crippen LogP) is 0.357. The Morgan fingerprint density at radius 3 is 3.08 bits per heavy atom. The van der Waals surface area contributed by atoms with Gasteiger partial charge in [0, 0.05) is 13.2 Å². The van der Waals surface area contributed by atoms with Crippen molar-refractivity contribution in [2.75, 3.05) is 0 Å². The van der Waals surface area contributed by atoms with Crippen LogP contribution in [0.15, 0.2) is 12.4 Å². The summed E-state index contributed by atoms with van der Waals surface area (Å²) in [4.78, 5) is 10.6. The molecule has 0 aliphatic rings. The average Bonchev–Trinajstić information content (AvgIpc) is 2.67. The Morgan fingerprint density at radius 2 is 2.46 bits per heavy atom. The molecular formula is C8H6N4O. The van der Waals surface area contributed by atoms with Crippen molar-refractivity contribution in [2.24, 2.45) is 7.05 Å². The molecule has 2 rings (SSSR count). The molecule has 64 valence electrons. The van der Waals surface area contributed by atoms with Crippen molar-refractivity contribution in [1.29, 1.82) is 5.26 Å². The molecule has 13 heavy (non-hydrogen) atoms. The summed E-state index contributed by atoms with van der Waals surface area (Å²) in [7, 11) is 1.77. The Bertz CT molecular complexity index is 514. The Hall–Kier alpha value is -2.09. The van der Waals surface area contributed by atoms with Crippen LogP contribution in [0.1, 0.15) is 16.1 Å². The summed E-state index contributed by atoms with van der Waals surface area (Å²) in [5.74, 6) is 0. The van der Waals surface area contributed by atoms with Gasteiger partial charge in [0.2, 0.25) is 0 Å². The van der Waals surface area contributed by atoms with Gasteiger partial charge in [0.1, 0.15) is 17.3 Å². The smallest absolute Gasteiger partial charge is 0.170 e. The third-order valence-corrected chi connectivity index (χ3v) is 1.89. The SMILES string of the molecule is Cn1cc(C=O)n2ncc(C#N)c12. The van der Waals surface area contributed by atoms with E-state index in [0.29, 0.717) is 23.2 Å². The van der Waals surface area contributed by atoms with Gasteiger partial charge in [-0.2, -0.15) is 10.4 Å². The normalized spacial score (nSPS) is 10.2. The van der Waals surface area contributed by atoms with Crippen LogP contribution in [0.3, 0.4) is 0 Å². The third kappa shape index (κ3) is 0.856. The molecule has 2 heterocycles. The maximum Gasteiger partial charge on any atom is 0.170 e. The summed E-state index contributed by atoms with van der Waals surface area (Å²) < 4.78 is 3.15. The number of rotatable bonds is 1. The lowest BCUT2D eigenvalue weighted by atomic mass is 10.4. The second kappa shape index (κ2) is 2.45. The summed E-state index contributed by atoms with van der Waals surface area (Å²) in [5.41, 5.74) is 1.55. The molecule has 0 atom stereocenters. The molecule has 0 saturated carbocycles. The molecule has 0 amide bonds. The number of hydrogen-bond donors (Lipinski definition) is 0. The van der Waals surface area contributed by atoms with E-state index in [9.17, 15) is 4.79 Å². The lowest BCUT2D eigenvalue weighted by Crippen LogP contribution is -1.89. The van der Waals surface area contributed by atoms with Crippen LogP contribution in [0, 0.1) is 11.3 Å². The first-order valence-corrected chi connectivity index (χ1v) is 3.66. The summed E-state index contributed by atoms with van der Waals surface area (Å²) >= 11 is 0. The molecule has 0 bridgehead atoms. The highest BCUT2D eigenvalue weighted by atomic mass is 16.1. The maximum atomic E-state index is 10.6. The number of fused-ring (bicyclic) bond motifs is 1. The minimum atomic E-state index is 0.444. The molecule has 0 aliphatic carbocycles. The zero-order valence-corrected chi connectivity index (χ0v) is 6.93. The summed E-state index contributed by atoms with van der Waals surface area (Å²) in [6, 6.07) is 2.01. The van der Waals surface area contributed by atoms with E-state index in [2.05, 4.69) is 5.10 Å². The zero-order valence-electron chi connectivity index (χ0n) is 6.93. The number of carbonyl (C=O) groups excluding carboxylic acids is 1. The van der Waals surface area contributed by atoms with Gasteiger partial charge in [0.15, 0.2) is 11.9 Å². The lowest BCUT2D eigenvalue weighted by molar-refractivity contribution is 0.111. The van der Waals surface area contributed by atoms with Crippen LogP contribution in [0.2, 0.25) is 0 Å². The number of imidazole rings is 1. The Kier molecular flexibility index (Phi) is 1.43. The molecule has 0 radical (unpaired) electrons. The Labute approximate surface area is 73.8 Å². The highest BCUT2D eigenvalue weighted by molar-refractivity contribution is 5.75. The summed E-state index contributed by atoms with van der Waals surface area (Å²) in [5, 5.41) is 12.6. The Balaban J connectivity index is 2.92. The second-order valence-electron chi connectivity index (χ2n) is 2.69. The lowest BCUT2D eigenvalue weighted by Gasteiger charge is -1.88. The minimum Gasteiger partial charge on any atom is -0.333 e. The van der Waals surface area contributed by atoms with Gasteiger partial charge < -0.3 is 4.57 Å². The van der Waals surface area contributed by atoms with Crippen LogP contribution >= 0.6 is 0 Å². The van der Waals surface area contributed by atoms with Crippen LogP contribution in [0.25, 0.3) is 5.65 Å². The molecule has 0 fully saturated rings. The molecule has 2 aromatic rings. The van der Waals surface area contributed by atoms with Gasteiger partial charge >= 0.3 is 0 Å². The highest BCUT2D eigenvalue weighted by Gasteiger charge is 2.10. The topological polar surface area (TPSA) is 63.1 Å². The van der Waals surface area contributed by atoms with Gasteiger partial charge in [-0.3, -0.25) is 4.79 Å². The van der Waals surface area contributed by atoms with Crippen molar-refractivity contribution in [3.63, 3.8) is 0 Å². The van der Waals surface area contributed by atoms with Crippen LogP contribution < -0.4 is 0 Å². The monoisotopic (exact) mass is 174 g/mol.